The molecule has 4 rings (SSSR count). The molecule has 2 amide bonds. The van der Waals surface area contributed by atoms with Crippen LogP contribution in [0.25, 0.3) is 11.0 Å². The summed E-state index contributed by atoms with van der Waals surface area (Å²) < 4.78 is 7.71. The number of nitrogens with zero attached hydrogens (tertiary/aromatic N) is 3. The van der Waals surface area contributed by atoms with Gasteiger partial charge in [0.1, 0.15) is 17.9 Å². The number of hydrogen-bond donors (Lipinski definition) is 1. The Labute approximate surface area is 164 Å². The lowest BCUT2D eigenvalue weighted by atomic mass is 9.96. The molecule has 0 bridgehead atoms. The zero-order chi connectivity index (χ0) is 19.5. The molecule has 1 aliphatic carbocycles. The van der Waals surface area contributed by atoms with Crippen LogP contribution in [0.2, 0.25) is 0 Å². The molecule has 0 atom stereocenters. The van der Waals surface area contributed by atoms with Gasteiger partial charge in [0.05, 0.1) is 12.8 Å². The third kappa shape index (κ3) is 4.13. The number of rotatable bonds is 6. The summed E-state index contributed by atoms with van der Waals surface area (Å²) in [7, 11) is 0. The first-order chi connectivity index (χ1) is 13.6. The summed E-state index contributed by atoms with van der Waals surface area (Å²) in [6.45, 7) is 2.45. The lowest BCUT2D eigenvalue weighted by Gasteiger charge is -2.33. The van der Waals surface area contributed by atoms with E-state index in [9.17, 15) is 9.59 Å². The van der Waals surface area contributed by atoms with Gasteiger partial charge in [0.2, 0.25) is 11.8 Å². The maximum Gasteiger partial charge on any atom is 0.237 e. The monoisotopic (exact) mass is 384 g/mol. The standard InChI is InChI=1S/C21H28N4O3/c22-19(26)13-25-10-7-17-11-18(12-23-20(17)25)28-14-15-5-8-24(9-6-15)21(27)16-3-1-2-4-16/h7,10-12,15-16H,1-6,8-9,13-14H2,(H2,22,26). The molecule has 2 N–H and O–H groups in total. The zero-order valence-electron chi connectivity index (χ0n) is 16.2. The molecule has 150 valence electrons. The highest BCUT2D eigenvalue weighted by atomic mass is 16.5. The molecule has 0 aromatic carbocycles. The molecule has 7 heteroatoms. The molecule has 1 saturated heterocycles. The summed E-state index contributed by atoms with van der Waals surface area (Å²) in [6, 6.07) is 3.85. The van der Waals surface area contributed by atoms with Crippen LogP contribution in [0, 0.1) is 11.8 Å². The number of aromatic nitrogens is 2. The van der Waals surface area contributed by atoms with Gasteiger partial charge >= 0.3 is 0 Å². The fourth-order valence-corrected chi connectivity index (χ4v) is 4.40. The van der Waals surface area contributed by atoms with E-state index >= 15 is 0 Å². The lowest BCUT2D eigenvalue weighted by molar-refractivity contribution is -0.136. The molecular weight excluding hydrogens is 356 g/mol. The van der Waals surface area contributed by atoms with Crippen LogP contribution in [-0.4, -0.2) is 46.0 Å². The number of hydrogen-bond acceptors (Lipinski definition) is 4. The number of fused-ring (bicyclic) bond motifs is 1. The van der Waals surface area contributed by atoms with E-state index in [0.717, 1.165) is 55.6 Å². The van der Waals surface area contributed by atoms with E-state index in [1.54, 1.807) is 10.8 Å². The largest absolute Gasteiger partial charge is 0.492 e. The van der Waals surface area contributed by atoms with Crippen LogP contribution in [0.3, 0.4) is 0 Å². The highest BCUT2D eigenvalue weighted by Crippen LogP contribution is 2.29. The molecule has 2 fully saturated rings. The Morgan fingerprint density at radius 1 is 1.18 bits per heavy atom. The Hall–Kier alpha value is -2.57. The van der Waals surface area contributed by atoms with Crippen LogP contribution in [0.15, 0.2) is 24.5 Å². The van der Waals surface area contributed by atoms with E-state index < -0.39 is 5.91 Å². The zero-order valence-corrected chi connectivity index (χ0v) is 16.2. The lowest BCUT2D eigenvalue weighted by Crippen LogP contribution is -2.42. The van der Waals surface area contributed by atoms with Gasteiger partial charge in [-0.25, -0.2) is 4.98 Å². The van der Waals surface area contributed by atoms with Crippen LogP contribution >= 0.6 is 0 Å². The highest BCUT2D eigenvalue weighted by Gasteiger charge is 2.30. The maximum atomic E-state index is 12.5. The first-order valence-corrected chi connectivity index (χ1v) is 10.2. The van der Waals surface area contributed by atoms with E-state index in [2.05, 4.69) is 9.88 Å². The van der Waals surface area contributed by atoms with Gasteiger partial charge in [-0.3, -0.25) is 9.59 Å². The van der Waals surface area contributed by atoms with Crippen LogP contribution < -0.4 is 10.5 Å². The van der Waals surface area contributed by atoms with Gasteiger partial charge in [0.25, 0.3) is 0 Å². The van der Waals surface area contributed by atoms with Crippen molar-refractivity contribution in [3.8, 4) is 5.75 Å². The third-order valence-corrected chi connectivity index (χ3v) is 6.02. The Bertz CT molecular complexity index is 848. The minimum Gasteiger partial charge on any atom is -0.492 e. The van der Waals surface area contributed by atoms with E-state index in [-0.39, 0.29) is 12.5 Å². The first kappa shape index (κ1) is 18.8. The van der Waals surface area contributed by atoms with Crippen LogP contribution in [0.4, 0.5) is 0 Å². The summed E-state index contributed by atoms with van der Waals surface area (Å²) in [5.41, 5.74) is 5.99. The van der Waals surface area contributed by atoms with E-state index in [0.29, 0.717) is 18.4 Å². The van der Waals surface area contributed by atoms with E-state index in [1.165, 1.54) is 12.8 Å². The average molecular weight is 384 g/mol. The maximum absolute atomic E-state index is 12.5. The van der Waals surface area contributed by atoms with Crippen molar-refractivity contribution >= 4 is 22.8 Å². The first-order valence-electron chi connectivity index (χ1n) is 10.2. The molecule has 0 spiro atoms. The SMILES string of the molecule is NC(=O)Cn1ccc2cc(OCC3CCN(C(=O)C4CCCC4)CC3)cnc21. The number of piperidine rings is 1. The van der Waals surface area contributed by atoms with E-state index in [4.69, 9.17) is 10.5 Å². The number of carbonyl (C=O) groups is 2. The minimum absolute atomic E-state index is 0.120. The Morgan fingerprint density at radius 2 is 1.93 bits per heavy atom. The van der Waals surface area contributed by atoms with Crippen molar-refractivity contribution < 1.29 is 14.3 Å². The van der Waals surface area contributed by atoms with Crippen molar-refractivity contribution in [1.29, 1.82) is 0 Å². The minimum atomic E-state index is -0.391. The smallest absolute Gasteiger partial charge is 0.237 e. The molecule has 0 unspecified atom stereocenters. The molecular formula is C21H28N4O3. The highest BCUT2D eigenvalue weighted by molar-refractivity contribution is 5.81. The summed E-state index contributed by atoms with van der Waals surface area (Å²) in [5.74, 6) is 1.44. The molecule has 1 aliphatic heterocycles. The molecule has 2 aromatic heterocycles. The van der Waals surface area contributed by atoms with Crippen LogP contribution in [0.5, 0.6) is 5.75 Å². The van der Waals surface area contributed by atoms with Gasteiger partial charge in [-0.2, -0.15) is 0 Å². The predicted octanol–water partition coefficient (Wildman–Crippen LogP) is 2.33. The van der Waals surface area contributed by atoms with Gasteiger partial charge < -0.3 is 19.9 Å². The van der Waals surface area contributed by atoms with Crippen molar-refractivity contribution in [3.05, 3.63) is 24.5 Å². The van der Waals surface area contributed by atoms with Crippen molar-refractivity contribution in [2.45, 2.75) is 45.1 Å². The van der Waals surface area contributed by atoms with Gasteiger partial charge in [-0.1, -0.05) is 12.8 Å². The third-order valence-electron chi connectivity index (χ3n) is 6.02. The molecule has 0 radical (unpaired) electrons. The summed E-state index contributed by atoms with van der Waals surface area (Å²) in [5, 5.41) is 0.927. The normalized spacial score (nSPS) is 18.6. The number of nitrogens with two attached hydrogens (primary N) is 1. The number of carbonyl (C=O) groups excluding carboxylic acids is 2. The van der Waals surface area contributed by atoms with Gasteiger partial charge in [-0.15, -0.1) is 0 Å². The Balaban J connectivity index is 1.28. The summed E-state index contributed by atoms with van der Waals surface area (Å²) in [4.78, 5) is 30.1. The molecule has 1 saturated carbocycles. The molecule has 2 aromatic rings. The molecule has 28 heavy (non-hydrogen) atoms. The number of pyridine rings is 1. The Morgan fingerprint density at radius 3 is 2.64 bits per heavy atom. The number of likely N-dealkylation sites (tertiary alicyclic amines) is 1. The number of amides is 2. The molecule has 3 heterocycles. The number of ether oxygens (including phenoxy) is 1. The topological polar surface area (TPSA) is 90.5 Å². The fraction of sp³-hybridized carbons (Fsp3) is 0.571. The second kappa shape index (κ2) is 8.20. The average Bonchev–Trinajstić information content (AvgIpc) is 3.36. The van der Waals surface area contributed by atoms with Crippen molar-refractivity contribution in [2.75, 3.05) is 19.7 Å². The quantitative estimate of drug-likeness (QED) is 0.828. The van der Waals surface area contributed by atoms with Crippen LogP contribution in [0.1, 0.15) is 38.5 Å². The molecule has 2 aliphatic rings. The second-order valence-electron chi connectivity index (χ2n) is 8.05. The summed E-state index contributed by atoms with van der Waals surface area (Å²) >= 11 is 0. The Kier molecular flexibility index (Phi) is 5.50. The van der Waals surface area contributed by atoms with Gasteiger partial charge in [0, 0.05) is 30.6 Å². The van der Waals surface area contributed by atoms with Crippen molar-refractivity contribution in [2.24, 2.45) is 17.6 Å². The van der Waals surface area contributed by atoms with Gasteiger partial charge in [-0.05, 0) is 43.7 Å². The van der Waals surface area contributed by atoms with Crippen molar-refractivity contribution in [3.63, 3.8) is 0 Å². The second-order valence-corrected chi connectivity index (χ2v) is 8.05. The molecule has 7 nitrogen and oxygen atoms in total. The number of primary amides is 1. The van der Waals surface area contributed by atoms with E-state index in [1.807, 2.05) is 18.3 Å². The summed E-state index contributed by atoms with van der Waals surface area (Å²) in [6.07, 6.45) is 10.0. The predicted molar refractivity (Wildman–Crippen MR) is 106 cm³/mol. The van der Waals surface area contributed by atoms with Crippen LogP contribution in [-0.2, 0) is 16.1 Å². The van der Waals surface area contributed by atoms with Gasteiger partial charge in [0.15, 0.2) is 0 Å². The fourth-order valence-electron chi connectivity index (χ4n) is 4.40. The van der Waals surface area contributed by atoms with Crippen molar-refractivity contribution in [1.82, 2.24) is 14.5 Å².